The van der Waals surface area contributed by atoms with Crippen LogP contribution in [0.2, 0.25) is 0 Å². The van der Waals surface area contributed by atoms with Gasteiger partial charge in [-0.2, -0.15) is 0 Å². The Kier molecular flexibility index (Phi) is 4.04. The molecule has 118 valence electrons. The quantitative estimate of drug-likeness (QED) is 0.760. The third-order valence-corrected chi connectivity index (χ3v) is 3.94. The fraction of sp³-hybridized carbons (Fsp3) is 0.167. The van der Waals surface area contributed by atoms with E-state index in [0.717, 1.165) is 10.9 Å². The molecule has 0 saturated carbocycles. The number of para-hydroxylation sites is 1. The standard InChI is InChI=1S/C18H17NO4/c1-23-14-8-6-13(7-9-14)16(17(20)18(21)22)19-11-10-12-4-2-3-5-15(12)19/h2-11,16-17,20H,1H3,(H,21,22)/t16-,17-/m1/s1. The molecule has 0 fully saturated rings. The first kappa shape index (κ1) is 15.1. The van der Waals surface area contributed by atoms with E-state index in [4.69, 9.17) is 4.74 Å². The van der Waals surface area contributed by atoms with Crippen LogP contribution in [0.25, 0.3) is 10.9 Å². The fourth-order valence-electron chi connectivity index (χ4n) is 2.78. The normalized spacial score (nSPS) is 13.7. The van der Waals surface area contributed by atoms with Gasteiger partial charge in [0.15, 0.2) is 6.10 Å². The van der Waals surface area contributed by atoms with Crippen LogP contribution in [-0.2, 0) is 4.79 Å². The number of carbonyl (C=O) groups is 1. The summed E-state index contributed by atoms with van der Waals surface area (Å²) in [5, 5.41) is 20.5. The Morgan fingerprint density at radius 1 is 1.09 bits per heavy atom. The van der Waals surface area contributed by atoms with Gasteiger partial charge in [0.1, 0.15) is 5.75 Å². The van der Waals surface area contributed by atoms with Crippen molar-refractivity contribution in [2.75, 3.05) is 7.11 Å². The van der Waals surface area contributed by atoms with Crippen molar-refractivity contribution in [1.29, 1.82) is 0 Å². The van der Waals surface area contributed by atoms with E-state index < -0.39 is 18.1 Å². The van der Waals surface area contributed by atoms with E-state index in [1.54, 1.807) is 42.1 Å². The Morgan fingerprint density at radius 2 is 1.78 bits per heavy atom. The summed E-state index contributed by atoms with van der Waals surface area (Å²) in [6.45, 7) is 0. The predicted molar refractivity (Wildman–Crippen MR) is 86.7 cm³/mol. The van der Waals surface area contributed by atoms with Crippen molar-refractivity contribution in [1.82, 2.24) is 4.57 Å². The van der Waals surface area contributed by atoms with Gasteiger partial charge < -0.3 is 19.5 Å². The van der Waals surface area contributed by atoms with Crippen LogP contribution in [0.15, 0.2) is 60.8 Å². The zero-order valence-electron chi connectivity index (χ0n) is 12.6. The Hall–Kier alpha value is -2.79. The minimum absolute atomic E-state index is 0.676. The van der Waals surface area contributed by atoms with Gasteiger partial charge in [0, 0.05) is 11.7 Å². The van der Waals surface area contributed by atoms with Crippen molar-refractivity contribution >= 4 is 16.9 Å². The molecule has 2 aromatic carbocycles. The first-order chi connectivity index (χ1) is 11.1. The summed E-state index contributed by atoms with van der Waals surface area (Å²) in [5.74, 6) is -0.585. The molecule has 0 bridgehead atoms. The van der Waals surface area contributed by atoms with Crippen molar-refractivity contribution in [2.24, 2.45) is 0 Å². The molecule has 5 nitrogen and oxygen atoms in total. The van der Waals surface area contributed by atoms with Crippen LogP contribution in [-0.4, -0.2) is 34.0 Å². The van der Waals surface area contributed by atoms with Crippen molar-refractivity contribution in [3.05, 3.63) is 66.4 Å². The molecule has 0 unspecified atom stereocenters. The van der Waals surface area contributed by atoms with Crippen LogP contribution in [0.5, 0.6) is 5.75 Å². The van der Waals surface area contributed by atoms with E-state index >= 15 is 0 Å². The molecule has 0 amide bonds. The number of carboxylic acid groups (broad SMARTS) is 1. The summed E-state index contributed by atoms with van der Waals surface area (Å²) in [4.78, 5) is 11.4. The molecular weight excluding hydrogens is 294 g/mol. The molecule has 3 rings (SSSR count). The lowest BCUT2D eigenvalue weighted by Gasteiger charge is -2.23. The molecule has 0 aliphatic rings. The van der Waals surface area contributed by atoms with E-state index in [9.17, 15) is 15.0 Å². The molecule has 0 radical (unpaired) electrons. The average molecular weight is 311 g/mol. The molecule has 0 spiro atoms. The van der Waals surface area contributed by atoms with E-state index in [1.807, 2.05) is 30.3 Å². The largest absolute Gasteiger partial charge is 0.497 e. The zero-order valence-corrected chi connectivity index (χ0v) is 12.6. The summed E-state index contributed by atoms with van der Waals surface area (Å²) in [7, 11) is 1.57. The average Bonchev–Trinajstić information content (AvgIpc) is 2.99. The second kappa shape index (κ2) is 6.14. The van der Waals surface area contributed by atoms with Gasteiger partial charge in [-0.3, -0.25) is 0 Å². The van der Waals surface area contributed by atoms with Gasteiger partial charge in [-0.1, -0.05) is 30.3 Å². The number of fused-ring (bicyclic) bond motifs is 1. The fourth-order valence-corrected chi connectivity index (χ4v) is 2.78. The highest BCUT2D eigenvalue weighted by Gasteiger charge is 2.29. The Balaban J connectivity index is 2.13. The number of aromatic nitrogens is 1. The van der Waals surface area contributed by atoms with Crippen LogP contribution < -0.4 is 4.74 Å². The lowest BCUT2D eigenvalue weighted by atomic mass is 10.0. The lowest BCUT2D eigenvalue weighted by Crippen LogP contribution is -2.32. The third-order valence-electron chi connectivity index (χ3n) is 3.94. The molecule has 1 aromatic heterocycles. The number of aliphatic hydroxyl groups excluding tert-OH is 1. The summed E-state index contributed by atoms with van der Waals surface area (Å²) in [5.41, 5.74) is 1.57. The molecule has 2 atom stereocenters. The highest BCUT2D eigenvalue weighted by molar-refractivity contribution is 5.81. The molecule has 1 heterocycles. The van der Waals surface area contributed by atoms with Crippen LogP contribution >= 0.6 is 0 Å². The first-order valence-electron chi connectivity index (χ1n) is 7.22. The number of aliphatic carboxylic acids is 1. The minimum Gasteiger partial charge on any atom is -0.497 e. The SMILES string of the molecule is COc1ccc([C@H]([C@@H](O)C(=O)O)n2ccc3ccccc32)cc1. The number of aliphatic hydroxyl groups is 1. The second-order valence-corrected chi connectivity index (χ2v) is 5.28. The maximum atomic E-state index is 11.4. The molecule has 5 heteroatoms. The topological polar surface area (TPSA) is 71.7 Å². The monoisotopic (exact) mass is 311 g/mol. The molecular formula is C18H17NO4. The van der Waals surface area contributed by atoms with Gasteiger partial charge in [-0.05, 0) is 35.2 Å². The Morgan fingerprint density at radius 3 is 2.43 bits per heavy atom. The van der Waals surface area contributed by atoms with E-state index in [1.165, 1.54) is 0 Å². The summed E-state index contributed by atoms with van der Waals surface area (Å²) in [6.07, 6.45) is 0.241. The van der Waals surface area contributed by atoms with Gasteiger partial charge in [-0.15, -0.1) is 0 Å². The lowest BCUT2D eigenvalue weighted by molar-refractivity contribution is -0.148. The van der Waals surface area contributed by atoms with Crippen molar-refractivity contribution < 1.29 is 19.7 Å². The van der Waals surface area contributed by atoms with Crippen molar-refractivity contribution in [2.45, 2.75) is 12.1 Å². The number of carboxylic acids is 1. The highest BCUT2D eigenvalue weighted by atomic mass is 16.5. The molecule has 0 aliphatic carbocycles. The summed E-state index contributed by atoms with van der Waals surface area (Å²) >= 11 is 0. The molecule has 23 heavy (non-hydrogen) atoms. The third kappa shape index (κ3) is 2.78. The van der Waals surface area contributed by atoms with Gasteiger partial charge in [0.2, 0.25) is 0 Å². The number of rotatable bonds is 5. The van der Waals surface area contributed by atoms with Gasteiger partial charge in [-0.25, -0.2) is 4.79 Å². The van der Waals surface area contributed by atoms with Gasteiger partial charge in [0.05, 0.1) is 13.2 Å². The number of hydrogen-bond acceptors (Lipinski definition) is 3. The number of hydrogen-bond donors (Lipinski definition) is 2. The van der Waals surface area contributed by atoms with Crippen LogP contribution in [0.4, 0.5) is 0 Å². The smallest absolute Gasteiger partial charge is 0.335 e. The number of methoxy groups -OCH3 is 1. The van der Waals surface area contributed by atoms with Crippen LogP contribution in [0.3, 0.4) is 0 Å². The summed E-state index contributed by atoms with van der Waals surface area (Å²) < 4.78 is 6.92. The maximum absolute atomic E-state index is 11.4. The predicted octanol–water partition coefficient (Wildman–Crippen LogP) is 2.68. The second-order valence-electron chi connectivity index (χ2n) is 5.28. The molecule has 3 aromatic rings. The van der Waals surface area contributed by atoms with Crippen LogP contribution in [0.1, 0.15) is 11.6 Å². The van der Waals surface area contributed by atoms with Crippen molar-refractivity contribution in [3.8, 4) is 5.75 Å². The molecule has 0 saturated heterocycles. The highest BCUT2D eigenvalue weighted by Crippen LogP contribution is 2.29. The zero-order chi connectivity index (χ0) is 16.4. The number of ether oxygens (including phenoxy) is 1. The molecule has 2 N–H and O–H groups in total. The van der Waals surface area contributed by atoms with Crippen LogP contribution in [0, 0.1) is 0 Å². The van der Waals surface area contributed by atoms with E-state index in [0.29, 0.717) is 11.3 Å². The Labute approximate surface area is 133 Å². The summed E-state index contributed by atoms with van der Waals surface area (Å²) in [6, 6.07) is 15.9. The van der Waals surface area contributed by atoms with Gasteiger partial charge in [0.25, 0.3) is 0 Å². The number of benzene rings is 2. The Bertz CT molecular complexity index is 822. The van der Waals surface area contributed by atoms with Gasteiger partial charge >= 0.3 is 5.97 Å². The van der Waals surface area contributed by atoms with E-state index in [-0.39, 0.29) is 0 Å². The number of nitrogens with zero attached hydrogens (tertiary/aromatic N) is 1. The van der Waals surface area contributed by atoms with E-state index in [2.05, 4.69) is 0 Å². The maximum Gasteiger partial charge on any atom is 0.335 e. The first-order valence-corrected chi connectivity index (χ1v) is 7.22. The minimum atomic E-state index is -1.56. The van der Waals surface area contributed by atoms with Crippen molar-refractivity contribution in [3.63, 3.8) is 0 Å². The molecule has 0 aliphatic heterocycles.